The molecule has 1 amide bonds. The fourth-order valence-corrected chi connectivity index (χ4v) is 3.46. The van der Waals surface area contributed by atoms with Gasteiger partial charge in [0.15, 0.2) is 0 Å². The lowest BCUT2D eigenvalue weighted by molar-refractivity contribution is 0.101. The Balaban J connectivity index is 2.03. The monoisotopic (exact) mass is 382 g/mol. The normalized spacial score (nSPS) is 10.8. The number of benzene rings is 2. The number of carbonyl (C=O) groups excluding carboxylic acids is 1. The number of aromatic nitrogens is 1. The molecule has 1 aromatic heterocycles. The third-order valence-corrected chi connectivity index (χ3v) is 4.79. The van der Waals surface area contributed by atoms with Gasteiger partial charge in [0, 0.05) is 23.5 Å². The molecule has 3 aromatic rings. The molecule has 3 rings (SSSR count). The smallest absolute Gasteiger partial charge is 0.272 e. The molecule has 0 atom stereocenters. The highest BCUT2D eigenvalue weighted by atomic mass is 16.5. The lowest BCUT2D eigenvalue weighted by Gasteiger charge is -2.13. The number of methoxy groups -OCH3 is 2. The van der Waals surface area contributed by atoms with E-state index < -0.39 is 0 Å². The molecule has 0 aliphatic heterocycles. The molecule has 2 aromatic carbocycles. The standard InChI is InChI=1S/C22H26N2O4/c1-6-24-19-11-9-16(28-7-2)12-17(19)14(3)21(24)22(25)23-18-10-8-15(26-4)13-20(18)27-5/h8-13H,6-7H2,1-5H3,(H,23,25). The van der Waals surface area contributed by atoms with Gasteiger partial charge in [0.05, 0.1) is 26.5 Å². The van der Waals surface area contributed by atoms with E-state index >= 15 is 0 Å². The Hall–Kier alpha value is -3.15. The van der Waals surface area contributed by atoms with Crippen LogP contribution in [-0.4, -0.2) is 31.3 Å². The minimum Gasteiger partial charge on any atom is -0.497 e. The van der Waals surface area contributed by atoms with E-state index in [0.29, 0.717) is 36.0 Å². The highest BCUT2D eigenvalue weighted by molar-refractivity contribution is 6.09. The number of fused-ring (bicyclic) bond motifs is 1. The molecule has 0 fully saturated rings. The van der Waals surface area contributed by atoms with Crippen LogP contribution in [0.15, 0.2) is 36.4 Å². The molecule has 0 aliphatic rings. The van der Waals surface area contributed by atoms with Crippen molar-refractivity contribution in [2.75, 3.05) is 26.1 Å². The first-order valence-electron chi connectivity index (χ1n) is 9.33. The summed E-state index contributed by atoms with van der Waals surface area (Å²) in [5, 5.41) is 3.99. The van der Waals surface area contributed by atoms with Gasteiger partial charge in [-0.3, -0.25) is 4.79 Å². The fourth-order valence-electron chi connectivity index (χ4n) is 3.46. The molecule has 0 saturated heterocycles. The third-order valence-electron chi connectivity index (χ3n) is 4.79. The van der Waals surface area contributed by atoms with Crippen LogP contribution in [0.3, 0.4) is 0 Å². The summed E-state index contributed by atoms with van der Waals surface area (Å²) >= 11 is 0. The number of nitrogens with one attached hydrogen (secondary N) is 1. The number of ether oxygens (including phenoxy) is 3. The molecule has 0 saturated carbocycles. The van der Waals surface area contributed by atoms with Gasteiger partial charge in [0.2, 0.25) is 0 Å². The summed E-state index contributed by atoms with van der Waals surface area (Å²) in [4.78, 5) is 13.2. The maximum absolute atomic E-state index is 13.2. The zero-order valence-electron chi connectivity index (χ0n) is 17.0. The first-order chi connectivity index (χ1) is 13.5. The number of nitrogens with zero attached hydrogens (tertiary/aromatic N) is 1. The van der Waals surface area contributed by atoms with E-state index in [1.807, 2.05) is 43.5 Å². The number of hydrogen-bond donors (Lipinski definition) is 1. The van der Waals surface area contributed by atoms with Gasteiger partial charge in [-0.05, 0) is 56.7 Å². The average molecular weight is 382 g/mol. The van der Waals surface area contributed by atoms with Crippen LogP contribution in [0.1, 0.15) is 29.9 Å². The Kier molecular flexibility index (Phi) is 5.78. The van der Waals surface area contributed by atoms with Crippen LogP contribution in [0, 0.1) is 6.92 Å². The van der Waals surface area contributed by atoms with E-state index in [9.17, 15) is 4.79 Å². The molecule has 148 valence electrons. The van der Waals surface area contributed by atoms with Crippen molar-refractivity contribution in [1.29, 1.82) is 0 Å². The quantitative estimate of drug-likeness (QED) is 0.647. The van der Waals surface area contributed by atoms with Crippen LogP contribution in [0.5, 0.6) is 17.2 Å². The predicted octanol–water partition coefficient (Wildman–Crippen LogP) is 4.64. The molecule has 0 radical (unpaired) electrons. The van der Waals surface area contributed by atoms with Crippen LogP contribution in [-0.2, 0) is 6.54 Å². The number of hydrogen-bond acceptors (Lipinski definition) is 4. The SMILES string of the molecule is CCOc1ccc2c(c1)c(C)c(C(=O)Nc1ccc(OC)cc1OC)n2CC. The van der Waals surface area contributed by atoms with Crippen LogP contribution < -0.4 is 19.5 Å². The maximum Gasteiger partial charge on any atom is 0.272 e. The van der Waals surface area contributed by atoms with Gasteiger partial charge < -0.3 is 24.1 Å². The summed E-state index contributed by atoms with van der Waals surface area (Å²) in [7, 11) is 3.15. The Morgan fingerprint density at radius 2 is 1.79 bits per heavy atom. The Morgan fingerprint density at radius 3 is 2.43 bits per heavy atom. The Bertz CT molecular complexity index is 1010. The maximum atomic E-state index is 13.2. The van der Waals surface area contributed by atoms with Gasteiger partial charge in [-0.25, -0.2) is 0 Å². The van der Waals surface area contributed by atoms with Crippen molar-refractivity contribution in [2.24, 2.45) is 0 Å². The average Bonchev–Trinajstić information content (AvgIpc) is 3.00. The molecule has 0 aliphatic carbocycles. The molecule has 0 spiro atoms. The zero-order chi connectivity index (χ0) is 20.3. The number of rotatable bonds is 7. The van der Waals surface area contributed by atoms with Gasteiger partial charge in [-0.15, -0.1) is 0 Å². The zero-order valence-corrected chi connectivity index (χ0v) is 17.0. The number of amides is 1. The van der Waals surface area contributed by atoms with Crippen LogP contribution >= 0.6 is 0 Å². The second-order valence-electron chi connectivity index (χ2n) is 6.35. The van der Waals surface area contributed by atoms with Gasteiger partial charge in [0.25, 0.3) is 5.91 Å². The van der Waals surface area contributed by atoms with Crippen molar-refractivity contribution >= 4 is 22.5 Å². The van der Waals surface area contributed by atoms with Crippen molar-refractivity contribution in [1.82, 2.24) is 4.57 Å². The molecule has 6 nitrogen and oxygen atoms in total. The van der Waals surface area contributed by atoms with Gasteiger partial charge in [-0.1, -0.05) is 0 Å². The van der Waals surface area contributed by atoms with Crippen LogP contribution in [0.25, 0.3) is 10.9 Å². The third kappa shape index (κ3) is 3.50. The second kappa shape index (κ2) is 8.25. The molecule has 1 heterocycles. The molecule has 6 heteroatoms. The lowest BCUT2D eigenvalue weighted by atomic mass is 10.1. The molecule has 0 unspecified atom stereocenters. The first kappa shape index (κ1) is 19.6. The van der Waals surface area contributed by atoms with Gasteiger partial charge in [0.1, 0.15) is 22.9 Å². The predicted molar refractivity (Wildman–Crippen MR) is 111 cm³/mol. The minimum atomic E-state index is -0.183. The van der Waals surface area contributed by atoms with Crippen molar-refractivity contribution in [3.8, 4) is 17.2 Å². The highest BCUT2D eigenvalue weighted by Gasteiger charge is 2.21. The van der Waals surface area contributed by atoms with E-state index in [1.54, 1.807) is 32.4 Å². The fraction of sp³-hybridized carbons (Fsp3) is 0.318. The van der Waals surface area contributed by atoms with Crippen LogP contribution in [0.4, 0.5) is 5.69 Å². The molecule has 1 N–H and O–H groups in total. The summed E-state index contributed by atoms with van der Waals surface area (Å²) in [5.41, 5.74) is 3.15. The van der Waals surface area contributed by atoms with Gasteiger partial charge >= 0.3 is 0 Å². The Labute approximate surface area is 165 Å². The van der Waals surface area contributed by atoms with Crippen molar-refractivity contribution in [3.63, 3.8) is 0 Å². The second-order valence-corrected chi connectivity index (χ2v) is 6.35. The molecule has 0 bridgehead atoms. The summed E-state index contributed by atoms with van der Waals surface area (Å²) in [6.45, 7) is 7.23. The number of carbonyl (C=O) groups is 1. The molecular formula is C22H26N2O4. The van der Waals surface area contributed by atoms with Crippen molar-refractivity contribution in [2.45, 2.75) is 27.3 Å². The van der Waals surface area contributed by atoms with Gasteiger partial charge in [-0.2, -0.15) is 0 Å². The largest absolute Gasteiger partial charge is 0.497 e. The highest BCUT2D eigenvalue weighted by Crippen LogP contribution is 2.32. The summed E-state index contributed by atoms with van der Waals surface area (Å²) in [5.74, 6) is 1.83. The molecular weight excluding hydrogens is 356 g/mol. The summed E-state index contributed by atoms with van der Waals surface area (Å²) < 4.78 is 18.3. The van der Waals surface area contributed by atoms with E-state index in [-0.39, 0.29) is 5.91 Å². The number of aryl methyl sites for hydroxylation is 2. The number of anilines is 1. The topological polar surface area (TPSA) is 61.7 Å². The van der Waals surface area contributed by atoms with Crippen molar-refractivity contribution < 1.29 is 19.0 Å². The van der Waals surface area contributed by atoms with Crippen molar-refractivity contribution in [3.05, 3.63) is 47.7 Å². The van der Waals surface area contributed by atoms with E-state index in [4.69, 9.17) is 14.2 Å². The van der Waals surface area contributed by atoms with E-state index in [0.717, 1.165) is 22.2 Å². The van der Waals surface area contributed by atoms with Crippen LogP contribution in [0.2, 0.25) is 0 Å². The summed E-state index contributed by atoms with van der Waals surface area (Å²) in [6, 6.07) is 11.2. The molecule has 28 heavy (non-hydrogen) atoms. The van der Waals surface area contributed by atoms with E-state index in [1.165, 1.54) is 0 Å². The minimum absolute atomic E-state index is 0.183. The van der Waals surface area contributed by atoms with E-state index in [2.05, 4.69) is 5.32 Å². The Morgan fingerprint density at radius 1 is 1.04 bits per heavy atom. The lowest BCUT2D eigenvalue weighted by Crippen LogP contribution is -2.18. The first-order valence-corrected chi connectivity index (χ1v) is 9.33. The summed E-state index contributed by atoms with van der Waals surface area (Å²) in [6.07, 6.45) is 0.